The number of methoxy groups -OCH3 is 1. The van der Waals surface area contributed by atoms with E-state index in [1.165, 1.54) is 11.3 Å². The number of hydrogen-bond donors (Lipinski definition) is 0. The zero-order valence-corrected chi connectivity index (χ0v) is 14.4. The normalized spacial score (nSPS) is 15.0. The molecular weight excluding hydrogens is 344 g/mol. The number of benzene rings is 1. The van der Waals surface area contributed by atoms with E-state index in [1.807, 2.05) is 18.2 Å². The summed E-state index contributed by atoms with van der Waals surface area (Å²) in [5.74, 6) is 1.73. The van der Waals surface area contributed by atoms with Gasteiger partial charge in [-0.05, 0) is 30.7 Å². The van der Waals surface area contributed by atoms with Gasteiger partial charge in [0.05, 0.1) is 12.8 Å². The minimum Gasteiger partial charge on any atom is -0.495 e. The van der Waals surface area contributed by atoms with E-state index in [2.05, 4.69) is 42.6 Å². The number of nitrogens with zero attached hydrogens (tertiary/aromatic N) is 4. The first kappa shape index (κ1) is 15.1. The summed E-state index contributed by atoms with van der Waals surface area (Å²) < 4.78 is 6.65. The Morgan fingerprint density at radius 1 is 1.05 bits per heavy atom. The first-order chi connectivity index (χ1) is 10.7. The van der Waals surface area contributed by atoms with E-state index < -0.39 is 0 Å². The van der Waals surface area contributed by atoms with Crippen LogP contribution in [-0.2, 0) is 0 Å². The number of anilines is 2. The molecule has 0 N–H and O–H groups in total. The fourth-order valence-electron chi connectivity index (χ4n) is 2.79. The molecule has 0 atom stereocenters. The maximum atomic E-state index is 5.55. The number of hydrogen-bond acceptors (Lipinski definition) is 5. The zero-order chi connectivity index (χ0) is 15.5. The lowest BCUT2D eigenvalue weighted by Gasteiger charge is -2.37. The number of aromatic nitrogens is 2. The van der Waals surface area contributed by atoms with Crippen molar-refractivity contribution < 1.29 is 4.74 Å². The lowest BCUT2D eigenvalue weighted by molar-refractivity contribution is 0.413. The monoisotopic (exact) mass is 362 g/mol. The largest absolute Gasteiger partial charge is 0.495 e. The molecule has 1 aliphatic rings. The van der Waals surface area contributed by atoms with Crippen molar-refractivity contribution in [3.63, 3.8) is 0 Å². The minimum absolute atomic E-state index is 0.806. The van der Waals surface area contributed by atoms with Crippen LogP contribution in [0.15, 0.2) is 35.1 Å². The highest BCUT2D eigenvalue weighted by Crippen LogP contribution is 2.36. The molecular formula is C16H19BrN4O. The lowest BCUT2D eigenvalue weighted by Crippen LogP contribution is -2.47. The molecule has 116 valence electrons. The van der Waals surface area contributed by atoms with Gasteiger partial charge in [-0.15, -0.1) is 0 Å². The Morgan fingerprint density at radius 3 is 2.32 bits per heavy atom. The smallest absolute Gasteiger partial charge is 0.225 e. The first-order valence-electron chi connectivity index (χ1n) is 7.30. The minimum atomic E-state index is 0.806. The molecule has 1 aromatic heterocycles. The second kappa shape index (κ2) is 6.52. The molecule has 2 aromatic rings. The van der Waals surface area contributed by atoms with Gasteiger partial charge in [0.25, 0.3) is 0 Å². The molecule has 5 nitrogen and oxygen atoms in total. The lowest BCUT2D eigenvalue weighted by atomic mass is 10.1. The zero-order valence-electron chi connectivity index (χ0n) is 12.8. The molecule has 0 saturated carbocycles. The van der Waals surface area contributed by atoms with Gasteiger partial charge in [0.1, 0.15) is 5.75 Å². The Morgan fingerprint density at radius 2 is 1.68 bits per heavy atom. The maximum absolute atomic E-state index is 5.55. The molecule has 1 aromatic carbocycles. The predicted molar refractivity (Wildman–Crippen MR) is 91.9 cm³/mol. The molecule has 0 amide bonds. The van der Waals surface area contributed by atoms with Crippen LogP contribution in [0, 0.1) is 6.92 Å². The Bertz CT molecular complexity index is 642. The van der Waals surface area contributed by atoms with Crippen molar-refractivity contribution in [3.8, 4) is 5.75 Å². The van der Waals surface area contributed by atoms with E-state index in [0.717, 1.165) is 42.3 Å². The van der Waals surface area contributed by atoms with E-state index in [4.69, 9.17) is 4.74 Å². The second-order valence-corrected chi connectivity index (χ2v) is 6.10. The van der Waals surface area contributed by atoms with Crippen molar-refractivity contribution in [1.29, 1.82) is 0 Å². The highest BCUT2D eigenvalue weighted by Gasteiger charge is 2.23. The van der Waals surface area contributed by atoms with Gasteiger partial charge in [0, 0.05) is 43.0 Å². The third-order valence-corrected chi connectivity index (χ3v) is 4.84. The maximum Gasteiger partial charge on any atom is 0.225 e. The van der Waals surface area contributed by atoms with Gasteiger partial charge in [-0.3, -0.25) is 0 Å². The van der Waals surface area contributed by atoms with E-state index >= 15 is 0 Å². The summed E-state index contributed by atoms with van der Waals surface area (Å²) in [7, 11) is 1.72. The first-order valence-corrected chi connectivity index (χ1v) is 8.10. The quantitative estimate of drug-likeness (QED) is 0.839. The summed E-state index contributed by atoms with van der Waals surface area (Å²) in [6, 6.07) is 5.89. The summed E-state index contributed by atoms with van der Waals surface area (Å²) in [5, 5.41) is 0. The number of rotatable bonds is 3. The van der Waals surface area contributed by atoms with Crippen molar-refractivity contribution in [2.24, 2.45) is 0 Å². The van der Waals surface area contributed by atoms with Gasteiger partial charge >= 0.3 is 0 Å². The van der Waals surface area contributed by atoms with Crippen LogP contribution in [0.4, 0.5) is 11.6 Å². The van der Waals surface area contributed by atoms with Gasteiger partial charge in [-0.2, -0.15) is 0 Å². The van der Waals surface area contributed by atoms with Crippen molar-refractivity contribution >= 4 is 27.6 Å². The van der Waals surface area contributed by atoms with Crippen LogP contribution in [0.25, 0.3) is 0 Å². The Balaban J connectivity index is 1.78. The molecule has 0 aliphatic carbocycles. The van der Waals surface area contributed by atoms with Crippen molar-refractivity contribution in [1.82, 2.24) is 9.97 Å². The number of piperazine rings is 1. The van der Waals surface area contributed by atoms with E-state index in [-0.39, 0.29) is 0 Å². The van der Waals surface area contributed by atoms with Gasteiger partial charge in [0.2, 0.25) is 5.95 Å². The third kappa shape index (κ3) is 2.88. The molecule has 2 heterocycles. The van der Waals surface area contributed by atoms with E-state index in [9.17, 15) is 0 Å². The Hall–Kier alpha value is -1.82. The van der Waals surface area contributed by atoms with Crippen molar-refractivity contribution in [2.45, 2.75) is 6.92 Å². The molecule has 1 aliphatic heterocycles. The average Bonchev–Trinajstić information content (AvgIpc) is 2.58. The Labute approximate surface area is 139 Å². The molecule has 0 radical (unpaired) electrons. The molecule has 1 saturated heterocycles. The molecule has 22 heavy (non-hydrogen) atoms. The fourth-order valence-corrected chi connectivity index (χ4v) is 3.11. The molecule has 0 unspecified atom stereocenters. The van der Waals surface area contributed by atoms with E-state index in [1.54, 1.807) is 19.5 Å². The highest BCUT2D eigenvalue weighted by molar-refractivity contribution is 9.10. The van der Waals surface area contributed by atoms with Crippen LogP contribution in [0.3, 0.4) is 0 Å². The summed E-state index contributed by atoms with van der Waals surface area (Å²) in [5.41, 5.74) is 2.38. The van der Waals surface area contributed by atoms with Crippen molar-refractivity contribution in [3.05, 3.63) is 40.6 Å². The van der Waals surface area contributed by atoms with Crippen LogP contribution in [0.2, 0.25) is 0 Å². The average molecular weight is 363 g/mol. The fraction of sp³-hybridized carbons (Fsp3) is 0.375. The molecule has 6 heteroatoms. The highest BCUT2D eigenvalue weighted by atomic mass is 79.9. The second-order valence-electron chi connectivity index (χ2n) is 5.25. The topological polar surface area (TPSA) is 41.5 Å². The summed E-state index contributed by atoms with van der Waals surface area (Å²) in [4.78, 5) is 13.3. The van der Waals surface area contributed by atoms with Crippen LogP contribution in [-0.4, -0.2) is 43.3 Å². The summed E-state index contributed by atoms with van der Waals surface area (Å²) in [6.45, 7) is 5.77. The molecule has 1 fully saturated rings. The molecule has 0 bridgehead atoms. The summed E-state index contributed by atoms with van der Waals surface area (Å²) >= 11 is 3.61. The third-order valence-electron chi connectivity index (χ3n) is 3.98. The van der Waals surface area contributed by atoms with Crippen LogP contribution >= 0.6 is 15.9 Å². The molecule has 0 spiro atoms. The van der Waals surface area contributed by atoms with Gasteiger partial charge in [-0.1, -0.05) is 15.9 Å². The van der Waals surface area contributed by atoms with Gasteiger partial charge in [0.15, 0.2) is 0 Å². The van der Waals surface area contributed by atoms with Crippen LogP contribution in [0.1, 0.15) is 5.56 Å². The Kier molecular flexibility index (Phi) is 4.47. The standard InChI is InChI=1S/C16H19BrN4O/c1-12-13(17)4-5-14(22-2)15(12)20-8-10-21(11-9-20)16-18-6-3-7-19-16/h3-7H,8-11H2,1-2H3. The predicted octanol–water partition coefficient (Wildman–Crippen LogP) is 2.88. The summed E-state index contributed by atoms with van der Waals surface area (Å²) in [6.07, 6.45) is 3.58. The van der Waals surface area contributed by atoms with Crippen LogP contribution < -0.4 is 14.5 Å². The van der Waals surface area contributed by atoms with Crippen molar-refractivity contribution in [2.75, 3.05) is 43.1 Å². The molecule has 3 rings (SSSR count). The van der Waals surface area contributed by atoms with Gasteiger partial charge < -0.3 is 14.5 Å². The number of halogens is 1. The number of ether oxygens (including phenoxy) is 1. The van der Waals surface area contributed by atoms with Gasteiger partial charge in [-0.25, -0.2) is 9.97 Å². The van der Waals surface area contributed by atoms with Crippen LogP contribution in [0.5, 0.6) is 5.75 Å². The SMILES string of the molecule is COc1ccc(Br)c(C)c1N1CCN(c2ncccn2)CC1. The van der Waals surface area contributed by atoms with E-state index in [0.29, 0.717) is 0 Å².